The normalized spacial score (nSPS) is 17.7. The van der Waals surface area contributed by atoms with Crippen LogP contribution < -0.4 is 15.0 Å². The van der Waals surface area contributed by atoms with Gasteiger partial charge in [-0.1, -0.05) is 0 Å². The zero-order chi connectivity index (χ0) is 24.1. The zero-order valence-corrected chi connectivity index (χ0v) is 19.9. The van der Waals surface area contributed by atoms with Gasteiger partial charge in [0.1, 0.15) is 5.75 Å². The summed E-state index contributed by atoms with van der Waals surface area (Å²) in [5.74, 6) is 0.0655. The van der Waals surface area contributed by atoms with Crippen molar-refractivity contribution in [2.24, 2.45) is 0 Å². The van der Waals surface area contributed by atoms with E-state index >= 15 is 0 Å². The summed E-state index contributed by atoms with van der Waals surface area (Å²) in [4.78, 5) is 15.3. The van der Waals surface area contributed by atoms with E-state index in [1.807, 2.05) is 6.07 Å². The molecular formula is C24H28N4O5S. The van der Waals surface area contributed by atoms with Gasteiger partial charge in [-0.3, -0.25) is 4.79 Å². The van der Waals surface area contributed by atoms with Crippen molar-refractivity contribution in [2.45, 2.75) is 30.8 Å². The Hall–Kier alpha value is -3.13. The highest BCUT2D eigenvalue weighted by Crippen LogP contribution is 2.33. The number of rotatable bonds is 7. The van der Waals surface area contributed by atoms with Crippen LogP contribution in [-0.4, -0.2) is 64.1 Å². The molecule has 2 aliphatic rings. The van der Waals surface area contributed by atoms with Crippen LogP contribution in [0.4, 0.5) is 11.4 Å². The molecule has 0 spiro atoms. The number of sulfonamides is 1. The van der Waals surface area contributed by atoms with Gasteiger partial charge in [-0.25, -0.2) is 8.42 Å². The van der Waals surface area contributed by atoms with Crippen LogP contribution in [0.15, 0.2) is 47.4 Å². The zero-order valence-electron chi connectivity index (χ0n) is 19.1. The van der Waals surface area contributed by atoms with E-state index in [1.54, 1.807) is 43.3 Å². The standard InChI is InChI=1S/C24H28N4O5S/c1-18(33-20-6-4-19(17-25)5-7-20)24(29)26-22-16-21(8-9-23(22)27-10-2-3-11-27)34(30,31)28-12-14-32-15-13-28/h4-9,16,18H,2-3,10-15H2,1H3,(H,26,29)/t18-/m1/s1. The van der Waals surface area contributed by atoms with Gasteiger partial charge in [0.25, 0.3) is 5.91 Å². The summed E-state index contributed by atoms with van der Waals surface area (Å²) in [5.41, 5.74) is 1.73. The molecule has 0 saturated carbocycles. The van der Waals surface area contributed by atoms with Crippen LogP contribution >= 0.6 is 0 Å². The molecule has 1 amide bonds. The molecule has 1 atom stereocenters. The largest absolute Gasteiger partial charge is 0.481 e. The number of nitrogens with one attached hydrogen (secondary N) is 1. The van der Waals surface area contributed by atoms with E-state index in [9.17, 15) is 13.2 Å². The van der Waals surface area contributed by atoms with Gasteiger partial charge in [-0.05, 0) is 62.2 Å². The Kier molecular flexibility index (Phi) is 7.36. The number of amides is 1. The van der Waals surface area contributed by atoms with E-state index in [2.05, 4.69) is 10.2 Å². The molecule has 4 rings (SSSR count). The van der Waals surface area contributed by atoms with Gasteiger partial charge in [0.2, 0.25) is 10.0 Å². The van der Waals surface area contributed by atoms with Crippen LogP contribution in [0.1, 0.15) is 25.3 Å². The first kappa shape index (κ1) is 24.0. The second-order valence-electron chi connectivity index (χ2n) is 8.28. The third-order valence-corrected chi connectivity index (χ3v) is 7.84. The lowest BCUT2D eigenvalue weighted by molar-refractivity contribution is -0.122. The lowest BCUT2D eigenvalue weighted by Crippen LogP contribution is -2.40. The molecule has 34 heavy (non-hydrogen) atoms. The molecule has 2 aromatic carbocycles. The fourth-order valence-electron chi connectivity index (χ4n) is 4.05. The summed E-state index contributed by atoms with van der Waals surface area (Å²) < 4.78 is 38.8. The van der Waals surface area contributed by atoms with Crippen molar-refractivity contribution >= 4 is 27.3 Å². The maximum absolute atomic E-state index is 13.2. The summed E-state index contributed by atoms with van der Waals surface area (Å²) in [5, 5.41) is 11.8. The summed E-state index contributed by atoms with van der Waals surface area (Å²) >= 11 is 0. The highest BCUT2D eigenvalue weighted by atomic mass is 32.2. The molecule has 180 valence electrons. The van der Waals surface area contributed by atoms with E-state index in [0.29, 0.717) is 43.3 Å². The number of nitrogens with zero attached hydrogens (tertiary/aromatic N) is 3. The third-order valence-electron chi connectivity index (χ3n) is 5.95. The number of carbonyl (C=O) groups excluding carboxylic acids is 1. The van der Waals surface area contributed by atoms with Gasteiger partial charge < -0.3 is 19.7 Å². The van der Waals surface area contributed by atoms with Crippen LogP contribution in [0.2, 0.25) is 0 Å². The average molecular weight is 485 g/mol. The predicted octanol–water partition coefficient (Wildman–Crippen LogP) is 2.59. The Morgan fingerprint density at radius 3 is 2.41 bits per heavy atom. The summed E-state index contributed by atoms with van der Waals surface area (Å²) in [6, 6.07) is 13.4. The highest BCUT2D eigenvalue weighted by molar-refractivity contribution is 7.89. The number of carbonyl (C=O) groups is 1. The minimum absolute atomic E-state index is 0.133. The van der Waals surface area contributed by atoms with Gasteiger partial charge in [0.15, 0.2) is 6.10 Å². The number of nitriles is 1. The summed E-state index contributed by atoms with van der Waals surface area (Å²) in [7, 11) is -3.71. The number of hydrogen-bond acceptors (Lipinski definition) is 7. The highest BCUT2D eigenvalue weighted by Gasteiger charge is 2.28. The van der Waals surface area contributed by atoms with Gasteiger partial charge in [0.05, 0.1) is 41.1 Å². The molecule has 0 aliphatic carbocycles. The molecule has 0 unspecified atom stereocenters. The second kappa shape index (κ2) is 10.4. The minimum Gasteiger partial charge on any atom is -0.481 e. The van der Waals surface area contributed by atoms with Gasteiger partial charge in [-0.2, -0.15) is 9.57 Å². The van der Waals surface area contributed by atoms with E-state index in [0.717, 1.165) is 31.6 Å². The first-order chi connectivity index (χ1) is 16.4. The first-order valence-electron chi connectivity index (χ1n) is 11.3. The van der Waals surface area contributed by atoms with Crippen LogP contribution in [0.3, 0.4) is 0 Å². The van der Waals surface area contributed by atoms with Gasteiger partial charge in [-0.15, -0.1) is 0 Å². The molecular weight excluding hydrogens is 456 g/mol. The number of morpholine rings is 1. The smallest absolute Gasteiger partial charge is 0.265 e. The molecule has 0 bridgehead atoms. The Morgan fingerprint density at radius 1 is 1.09 bits per heavy atom. The predicted molar refractivity (Wildman–Crippen MR) is 127 cm³/mol. The van der Waals surface area contributed by atoms with Crippen molar-refractivity contribution in [3.8, 4) is 11.8 Å². The minimum atomic E-state index is -3.71. The Labute approximate surface area is 199 Å². The molecule has 0 radical (unpaired) electrons. The maximum Gasteiger partial charge on any atom is 0.265 e. The molecule has 2 aliphatic heterocycles. The fraction of sp³-hybridized carbons (Fsp3) is 0.417. The van der Waals surface area contributed by atoms with Crippen molar-refractivity contribution in [1.82, 2.24) is 4.31 Å². The lowest BCUT2D eigenvalue weighted by atomic mass is 10.2. The van der Waals surface area contributed by atoms with Crippen molar-refractivity contribution in [2.75, 3.05) is 49.6 Å². The Bertz CT molecular complexity index is 1160. The van der Waals surface area contributed by atoms with Crippen LogP contribution in [0, 0.1) is 11.3 Å². The summed E-state index contributed by atoms with van der Waals surface area (Å²) in [6.45, 7) is 4.63. The average Bonchev–Trinajstić information content (AvgIpc) is 3.40. The molecule has 2 aromatic rings. The molecule has 2 fully saturated rings. The number of ether oxygens (including phenoxy) is 2. The molecule has 2 heterocycles. The SMILES string of the molecule is C[C@@H](Oc1ccc(C#N)cc1)C(=O)Nc1cc(S(=O)(=O)N2CCOCC2)ccc1N1CCCC1. The van der Waals surface area contributed by atoms with Crippen molar-refractivity contribution in [1.29, 1.82) is 5.26 Å². The first-order valence-corrected chi connectivity index (χ1v) is 12.8. The topological polar surface area (TPSA) is 112 Å². The lowest BCUT2D eigenvalue weighted by Gasteiger charge is -2.27. The number of anilines is 2. The van der Waals surface area contributed by atoms with Crippen molar-refractivity contribution < 1.29 is 22.7 Å². The Balaban J connectivity index is 1.56. The van der Waals surface area contributed by atoms with Crippen molar-refractivity contribution in [3.05, 3.63) is 48.0 Å². The molecule has 2 saturated heterocycles. The monoisotopic (exact) mass is 484 g/mol. The number of benzene rings is 2. The van der Waals surface area contributed by atoms with Crippen LogP contribution in [0.5, 0.6) is 5.75 Å². The quantitative estimate of drug-likeness (QED) is 0.643. The fourth-order valence-corrected chi connectivity index (χ4v) is 5.48. The van der Waals surface area contributed by atoms with E-state index in [4.69, 9.17) is 14.7 Å². The van der Waals surface area contributed by atoms with Crippen molar-refractivity contribution in [3.63, 3.8) is 0 Å². The van der Waals surface area contributed by atoms with E-state index in [1.165, 1.54) is 10.4 Å². The summed E-state index contributed by atoms with van der Waals surface area (Å²) in [6.07, 6.45) is 1.25. The van der Waals surface area contributed by atoms with Crippen LogP contribution in [0.25, 0.3) is 0 Å². The molecule has 1 N–H and O–H groups in total. The van der Waals surface area contributed by atoms with Gasteiger partial charge in [0, 0.05) is 26.2 Å². The number of hydrogen-bond donors (Lipinski definition) is 1. The van der Waals surface area contributed by atoms with Crippen LogP contribution in [-0.2, 0) is 19.6 Å². The molecule has 10 heteroatoms. The second-order valence-corrected chi connectivity index (χ2v) is 10.2. The maximum atomic E-state index is 13.2. The Morgan fingerprint density at radius 2 is 1.76 bits per heavy atom. The molecule has 0 aromatic heterocycles. The third kappa shape index (κ3) is 5.33. The van der Waals surface area contributed by atoms with E-state index in [-0.39, 0.29) is 4.90 Å². The van der Waals surface area contributed by atoms with E-state index < -0.39 is 22.0 Å². The molecule has 9 nitrogen and oxygen atoms in total. The van der Waals surface area contributed by atoms with Gasteiger partial charge >= 0.3 is 0 Å².